The standard InChI is InChI=1S/C15H19FN2O2/c1-10(7-11-3-5-12(16)6-4-11)15(19)18-13-8-17-9-14(13)20-2/h3-7,13-14,17H,8-9H2,1-2H3,(H,18,19)/b10-7+/t13?,14-/m0/s1. The molecule has 5 heteroatoms. The van der Waals surface area contributed by atoms with Crippen molar-refractivity contribution in [2.45, 2.75) is 19.1 Å². The SMILES string of the molecule is CO[C@H]1CNCC1NC(=O)/C(C)=C/c1ccc(F)cc1. The Morgan fingerprint density at radius 2 is 2.10 bits per heavy atom. The van der Waals surface area contributed by atoms with Gasteiger partial charge in [0.2, 0.25) is 5.91 Å². The van der Waals surface area contributed by atoms with Gasteiger partial charge in [-0.25, -0.2) is 4.39 Å². The highest BCUT2D eigenvalue weighted by Crippen LogP contribution is 2.10. The van der Waals surface area contributed by atoms with E-state index < -0.39 is 0 Å². The summed E-state index contributed by atoms with van der Waals surface area (Å²) >= 11 is 0. The molecule has 1 saturated heterocycles. The molecular formula is C15H19FN2O2. The van der Waals surface area contributed by atoms with E-state index in [4.69, 9.17) is 4.74 Å². The molecule has 2 rings (SSSR count). The van der Waals surface area contributed by atoms with Gasteiger partial charge < -0.3 is 15.4 Å². The molecule has 1 aliphatic heterocycles. The minimum absolute atomic E-state index is 0.00225. The molecule has 0 saturated carbocycles. The molecule has 1 amide bonds. The molecule has 0 spiro atoms. The minimum Gasteiger partial charge on any atom is -0.378 e. The van der Waals surface area contributed by atoms with Crippen molar-refractivity contribution in [2.24, 2.45) is 0 Å². The van der Waals surface area contributed by atoms with E-state index in [-0.39, 0.29) is 23.9 Å². The number of hydrogen-bond donors (Lipinski definition) is 2. The highest BCUT2D eigenvalue weighted by atomic mass is 19.1. The van der Waals surface area contributed by atoms with Gasteiger partial charge in [0, 0.05) is 25.8 Å². The molecule has 4 nitrogen and oxygen atoms in total. The first-order valence-corrected chi connectivity index (χ1v) is 6.58. The second-order valence-corrected chi connectivity index (χ2v) is 4.89. The van der Waals surface area contributed by atoms with Gasteiger partial charge in [0.15, 0.2) is 0 Å². The highest BCUT2D eigenvalue weighted by Gasteiger charge is 2.28. The zero-order valence-electron chi connectivity index (χ0n) is 11.7. The second-order valence-electron chi connectivity index (χ2n) is 4.89. The van der Waals surface area contributed by atoms with Crippen molar-refractivity contribution in [3.63, 3.8) is 0 Å². The van der Waals surface area contributed by atoms with E-state index in [0.717, 1.165) is 12.1 Å². The molecule has 0 aliphatic carbocycles. The molecule has 20 heavy (non-hydrogen) atoms. The van der Waals surface area contributed by atoms with Crippen LogP contribution < -0.4 is 10.6 Å². The number of nitrogens with one attached hydrogen (secondary N) is 2. The third-order valence-electron chi connectivity index (χ3n) is 3.39. The van der Waals surface area contributed by atoms with E-state index >= 15 is 0 Å². The summed E-state index contributed by atoms with van der Waals surface area (Å²) in [4.78, 5) is 12.1. The normalized spacial score (nSPS) is 22.9. The Kier molecular flexibility index (Phi) is 4.87. The molecule has 2 atom stereocenters. The lowest BCUT2D eigenvalue weighted by molar-refractivity contribution is -0.118. The maximum atomic E-state index is 12.8. The van der Waals surface area contributed by atoms with Crippen LogP contribution in [0.2, 0.25) is 0 Å². The average Bonchev–Trinajstić information content (AvgIpc) is 2.88. The van der Waals surface area contributed by atoms with Crippen molar-refractivity contribution in [1.29, 1.82) is 0 Å². The van der Waals surface area contributed by atoms with Crippen molar-refractivity contribution in [2.75, 3.05) is 20.2 Å². The third kappa shape index (κ3) is 3.65. The highest BCUT2D eigenvalue weighted by molar-refractivity contribution is 5.97. The molecule has 0 bridgehead atoms. The Bertz CT molecular complexity index is 499. The predicted octanol–water partition coefficient (Wildman–Crippen LogP) is 1.33. The van der Waals surface area contributed by atoms with Crippen LogP contribution in [0.15, 0.2) is 29.8 Å². The van der Waals surface area contributed by atoms with Crippen LogP contribution in [0.4, 0.5) is 4.39 Å². The average molecular weight is 278 g/mol. The van der Waals surface area contributed by atoms with E-state index in [2.05, 4.69) is 10.6 Å². The van der Waals surface area contributed by atoms with Crippen LogP contribution >= 0.6 is 0 Å². The number of hydrogen-bond acceptors (Lipinski definition) is 3. The zero-order valence-corrected chi connectivity index (χ0v) is 11.7. The predicted molar refractivity (Wildman–Crippen MR) is 75.6 cm³/mol. The van der Waals surface area contributed by atoms with Gasteiger partial charge in [-0.1, -0.05) is 12.1 Å². The fourth-order valence-corrected chi connectivity index (χ4v) is 2.20. The van der Waals surface area contributed by atoms with Crippen LogP contribution in [0.3, 0.4) is 0 Å². The summed E-state index contributed by atoms with van der Waals surface area (Å²) in [6.45, 7) is 3.18. The molecule has 1 aromatic carbocycles. The van der Waals surface area contributed by atoms with Crippen molar-refractivity contribution >= 4 is 12.0 Å². The van der Waals surface area contributed by atoms with Crippen LogP contribution in [-0.4, -0.2) is 38.3 Å². The number of carbonyl (C=O) groups is 1. The molecular weight excluding hydrogens is 259 g/mol. The lowest BCUT2D eigenvalue weighted by Gasteiger charge is -2.18. The smallest absolute Gasteiger partial charge is 0.247 e. The van der Waals surface area contributed by atoms with Crippen LogP contribution in [0.25, 0.3) is 6.08 Å². The molecule has 0 aromatic heterocycles. The Morgan fingerprint density at radius 3 is 2.75 bits per heavy atom. The van der Waals surface area contributed by atoms with Gasteiger partial charge in [0.05, 0.1) is 12.1 Å². The van der Waals surface area contributed by atoms with E-state index in [0.29, 0.717) is 12.1 Å². The lowest BCUT2D eigenvalue weighted by Crippen LogP contribution is -2.43. The maximum Gasteiger partial charge on any atom is 0.247 e. The van der Waals surface area contributed by atoms with Crippen molar-refractivity contribution < 1.29 is 13.9 Å². The first kappa shape index (κ1) is 14.7. The number of methoxy groups -OCH3 is 1. The summed E-state index contributed by atoms with van der Waals surface area (Å²) in [6.07, 6.45) is 1.73. The van der Waals surface area contributed by atoms with Gasteiger partial charge in [-0.15, -0.1) is 0 Å². The Balaban J connectivity index is 1.99. The Morgan fingerprint density at radius 1 is 1.40 bits per heavy atom. The van der Waals surface area contributed by atoms with Gasteiger partial charge in [-0.2, -0.15) is 0 Å². The number of ether oxygens (including phenoxy) is 1. The number of benzene rings is 1. The monoisotopic (exact) mass is 278 g/mol. The first-order valence-electron chi connectivity index (χ1n) is 6.58. The van der Waals surface area contributed by atoms with Crippen molar-refractivity contribution in [1.82, 2.24) is 10.6 Å². The summed E-state index contributed by atoms with van der Waals surface area (Å²) in [5.41, 5.74) is 1.38. The van der Waals surface area contributed by atoms with Crippen LogP contribution in [-0.2, 0) is 9.53 Å². The maximum absolute atomic E-state index is 12.8. The second kappa shape index (κ2) is 6.63. The Labute approximate surface area is 118 Å². The zero-order chi connectivity index (χ0) is 14.5. The third-order valence-corrected chi connectivity index (χ3v) is 3.39. The van der Waals surface area contributed by atoms with Crippen molar-refractivity contribution in [3.05, 3.63) is 41.2 Å². The number of amides is 1. The van der Waals surface area contributed by atoms with Gasteiger partial charge >= 0.3 is 0 Å². The van der Waals surface area contributed by atoms with Gasteiger partial charge in [0.25, 0.3) is 0 Å². The summed E-state index contributed by atoms with van der Waals surface area (Å²) in [5.74, 6) is -0.422. The summed E-state index contributed by atoms with van der Waals surface area (Å²) in [7, 11) is 1.64. The quantitative estimate of drug-likeness (QED) is 0.817. The van der Waals surface area contributed by atoms with Gasteiger partial charge in [0.1, 0.15) is 5.82 Å². The largest absolute Gasteiger partial charge is 0.378 e. The molecule has 108 valence electrons. The fraction of sp³-hybridized carbons (Fsp3) is 0.400. The van der Waals surface area contributed by atoms with E-state index in [1.165, 1.54) is 12.1 Å². The molecule has 0 radical (unpaired) electrons. The molecule has 1 aliphatic rings. The number of rotatable bonds is 4. The molecule has 1 fully saturated rings. The lowest BCUT2D eigenvalue weighted by atomic mass is 10.1. The molecule has 1 unspecified atom stereocenters. The topological polar surface area (TPSA) is 50.4 Å². The summed E-state index contributed by atoms with van der Waals surface area (Å²) in [5, 5.41) is 6.12. The van der Waals surface area contributed by atoms with Crippen LogP contribution in [0, 0.1) is 5.82 Å². The van der Waals surface area contributed by atoms with Crippen LogP contribution in [0.5, 0.6) is 0 Å². The summed E-state index contributed by atoms with van der Waals surface area (Å²) in [6, 6.07) is 6.00. The minimum atomic E-state index is -0.288. The molecule has 1 heterocycles. The molecule has 2 N–H and O–H groups in total. The number of carbonyl (C=O) groups excluding carboxylic acids is 1. The first-order chi connectivity index (χ1) is 9.60. The van der Waals surface area contributed by atoms with Crippen molar-refractivity contribution in [3.8, 4) is 0 Å². The van der Waals surface area contributed by atoms with E-state index in [9.17, 15) is 9.18 Å². The van der Waals surface area contributed by atoms with Gasteiger partial charge in [-0.05, 0) is 30.7 Å². The summed E-state index contributed by atoms with van der Waals surface area (Å²) < 4.78 is 18.1. The van der Waals surface area contributed by atoms with E-state index in [1.54, 1.807) is 32.2 Å². The van der Waals surface area contributed by atoms with Crippen LogP contribution in [0.1, 0.15) is 12.5 Å². The Hall–Kier alpha value is -1.72. The number of halogens is 1. The fourth-order valence-electron chi connectivity index (χ4n) is 2.20. The van der Waals surface area contributed by atoms with Gasteiger partial charge in [-0.3, -0.25) is 4.79 Å². The molecule has 1 aromatic rings. The van der Waals surface area contributed by atoms with E-state index in [1.807, 2.05) is 0 Å².